The Hall–Kier alpha value is -3.34. The molecule has 1 N–H and O–H groups in total. The van der Waals surface area contributed by atoms with Gasteiger partial charge in [-0.3, -0.25) is 4.79 Å². The van der Waals surface area contributed by atoms with E-state index in [9.17, 15) is 4.79 Å². The third kappa shape index (κ3) is 3.36. The number of aryl methyl sites for hydroxylation is 3. The van der Waals surface area contributed by atoms with Gasteiger partial charge in [-0.25, -0.2) is 4.68 Å². The summed E-state index contributed by atoms with van der Waals surface area (Å²) >= 11 is 0. The summed E-state index contributed by atoms with van der Waals surface area (Å²) in [5.41, 5.74) is 5.00. The second kappa shape index (κ2) is 6.76. The molecule has 0 aliphatic carbocycles. The third-order valence-corrected chi connectivity index (χ3v) is 4.71. The fourth-order valence-electron chi connectivity index (χ4n) is 3.15. The van der Waals surface area contributed by atoms with Crippen LogP contribution in [0.15, 0.2) is 59.1 Å². The van der Waals surface area contributed by atoms with Gasteiger partial charge in [0.2, 0.25) is 0 Å². The molecular weight excluding hydrogens is 338 g/mol. The Morgan fingerprint density at radius 3 is 2.56 bits per heavy atom. The predicted octanol–water partition coefficient (Wildman–Crippen LogP) is 4.86. The highest BCUT2D eigenvalue weighted by atomic mass is 16.3. The molecule has 0 unspecified atom stereocenters. The molecule has 4 rings (SSSR count). The second-order valence-electron chi connectivity index (χ2n) is 6.87. The monoisotopic (exact) mass is 359 g/mol. The van der Waals surface area contributed by atoms with Gasteiger partial charge in [0.1, 0.15) is 11.4 Å². The van der Waals surface area contributed by atoms with Gasteiger partial charge < -0.3 is 9.73 Å². The minimum absolute atomic E-state index is 0.271. The largest absolute Gasteiger partial charge is 0.451 e. The highest BCUT2D eigenvalue weighted by Gasteiger charge is 2.19. The van der Waals surface area contributed by atoms with Gasteiger partial charge in [0.25, 0.3) is 5.91 Å². The van der Waals surface area contributed by atoms with Crippen LogP contribution in [0.2, 0.25) is 0 Å². The summed E-state index contributed by atoms with van der Waals surface area (Å²) < 4.78 is 7.59. The molecule has 0 saturated heterocycles. The maximum Gasteiger partial charge on any atom is 0.292 e. The Kier molecular flexibility index (Phi) is 4.28. The molecule has 136 valence electrons. The van der Waals surface area contributed by atoms with Gasteiger partial charge in [-0.1, -0.05) is 42.0 Å². The van der Waals surface area contributed by atoms with E-state index in [1.165, 1.54) is 5.56 Å². The Morgan fingerprint density at radius 2 is 1.78 bits per heavy atom. The molecule has 0 aliphatic heterocycles. The number of rotatable bonds is 4. The SMILES string of the molecule is Cc1ccc(Cn2nccc2NC(=O)c2oc3cc(C)ccc3c2C)cc1. The third-order valence-electron chi connectivity index (χ3n) is 4.71. The van der Waals surface area contributed by atoms with Gasteiger partial charge in [-0.2, -0.15) is 5.10 Å². The molecule has 27 heavy (non-hydrogen) atoms. The predicted molar refractivity (Wildman–Crippen MR) is 106 cm³/mol. The van der Waals surface area contributed by atoms with Crippen LogP contribution in [0.5, 0.6) is 0 Å². The number of benzene rings is 2. The molecule has 0 spiro atoms. The maximum absolute atomic E-state index is 12.8. The molecule has 0 saturated carbocycles. The van der Waals surface area contributed by atoms with Gasteiger partial charge in [-0.05, 0) is 38.0 Å². The normalized spacial score (nSPS) is 11.1. The Morgan fingerprint density at radius 1 is 1.04 bits per heavy atom. The van der Waals surface area contributed by atoms with Crippen molar-refractivity contribution >= 4 is 22.7 Å². The lowest BCUT2D eigenvalue weighted by Crippen LogP contribution is -2.16. The van der Waals surface area contributed by atoms with Crippen molar-refractivity contribution in [1.82, 2.24) is 9.78 Å². The van der Waals surface area contributed by atoms with Gasteiger partial charge in [-0.15, -0.1) is 0 Å². The minimum Gasteiger partial charge on any atom is -0.451 e. The molecule has 0 fully saturated rings. The summed E-state index contributed by atoms with van der Waals surface area (Å²) in [5.74, 6) is 0.697. The van der Waals surface area contributed by atoms with Crippen LogP contribution in [-0.2, 0) is 6.54 Å². The number of fused-ring (bicyclic) bond motifs is 1. The zero-order valence-corrected chi connectivity index (χ0v) is 15.6. The van der Waals surface area contributed by atoms with Crippen molar-refractivity contribution in [2.75, 3.05) is 5.32 Å². The van der Waals surface area contributed by atoms with Crippen LogP contribution in [0.3, 0.4) is 0 Å². The van der Waals surface area contributed by atoms with Crippen LogP contribution in [0.4, 0.5) is 5.82 Å². The molecule has 0 atom stereocenters. The molecule has 1 amide bonds. The number of carbonyl (C=O) groups is 1. The average Bonchev–Trinajstić information content (AvgIpc) is 3.21. The first-order valence-electron chi connectivity index (χ1n) is 8.90. The van der Waals surface area contributed by atoms with Crippen molar-refractivity contribution in [2.24, 2.45) is 0 Å². The molecule has 0 bridgehead atoms. The number of hydrogen-bond donors (Lipinski definition) is 1. The molecule has 2 aromatic heterocycles. The average molecular weight is 359 g/mol. The van der Waals surface area contributed by atoms with E-state index < -0.39 is 0 Å². The van der Waals surface area contributed by atoms with E-state index in [2.05, 4.69) is 41.6 Å². The van der Waals surface area contributed by atoms with Gasteiger partial charge >= 0.3 is 0 Å². The summed E-state index contributed by atoms with van der Waals surface area (Å²) in [7, 11) is 0. The number of furan rings is 1. The smallest absolute Gasteiger partial charge is 0.292 e. The lowest BCUT2D eigenvalue weighted by atomic mass is 10.1. The van der Waals surface area contributed by atoms with E-state index in [1.807, 2.05) is 32.0 Å². The second-order valence-corrected chi connectivity index (χ2v) is 6.87. The summed E-state index contributed by atoms with van der Waals surface area (Å²) in [6.07, 6.45) is 1.68. The van der Waals surface area contributed by atoms with Crippen molar-refractivity contribution in [3.05, 3.63) is 82.7 Å². The summed E-state index contributed by atoms with van der Waals surface area (Å²) in [4.78, 5) is 12.8. The van der Waals surface area contributed by atoms with Crippen LogP contribution < -0.4 is 5.32 Å². The van der Waals surface area contributed by atoms with Gasteiger partial charge in [0.15, 0.2) is 5.76 Å². The standard InChI is InChI=1S/C22H21N3O2/c1-14-4-7-17(8-5-14)13-25-20(10-11-23-25)24-22(26)21-16(3)18-9-6-15(2)12-19(18)27-21/h4-12H,13H2,1-3H3,(H,24,26). The quantitative estimate of drug-likeness (QED) is 0.566. The van der Waals surface area contributed by atoms with Crippen LogP contribution in [0, 0.1) is 20.8 Å². The summed E-state index contributed by atoms with van der Waals surface area (Å²) in [6, 6.07) is 16.0. The van der Waals surface area contributed by atoms with Crippen molar-refractivity contribution < 1.29 is 9.21 Å². The molecular formula is C22H21N3O2. The highest BCUT2D eigenvalue weighted by molar-refractivity contribution is 6.06. The molecule has 5 nitrogen and oxygen atoms in total. The van der Waals surface area contributed by atoms with Crippen molar-refractivity contribution in [3.8, 4) is 0 Å². The number of carbonyl (C=O) groups excluding carboxylic acids is 1. The lowest BCUT2D eigenvalue weighted by molar-refractivity contribution is 0.0997. The van der Waals surface area contributed by atoms with E-state index >= 15 is 0 Å². The molecule has 0 aliphatic rings. The number of aromatic nitrogens is 2. The zero-order chi connectivity index (χ0) is 19.0. The van der Waals surface area contributed by atoms with E-state index in [-0.39, 0.29) is 5.91 Å². The zero-order valence-electron chi connectivity index (χ0n) is 15.6. The van der Waals surface area contributed by atoms with Gasteiger partial charge in [0, 0.05) is 17.0 Å². The Labute approximate surface area is 157 Å². The Bertz CT molecular complexity index is 1120. The first kappa shape index (κ1) is 17.1. The molecule has 5 heteroatoms. The Balaban J connectivity index is 1.58. The van der Waals surface area contributed by atoms with Crippen LogP contribution in [-0.4, -0.2) is 15.7 Å². The van der Waals surface area contributed by atoms with Crippen LogP contribution in [0.25, 0.3) is 11.0 Å². The van der Waals surface area contributed by atoms with E-state index in [0.29, 0.717) is 18.1 Å². The van der Waals surface area contributed by atoms with Crippen molar-refractivity contribution in [2.45, 2.75) is 27.3 Å². The highest BCUT2D eigenvalue weighted by Crippen LogP contribution is 2.26. The van der Waals surface area contributed by atoms with E-state index in [1.54, 1.807) is 16.9 Å². The fraction of sp³-hybridized carbons (Fsp3) is 0.182. The first-order chi connectivity index (χ1) is 13.0. The topological polar surface area (TPSA) is 60.1 Å². The van der Waals surface area contributed by atoms with Crippen molar-refractivity contribution in [1.29, 1.82) is 0 Å². The van der Waals surface area contributed by atoms with E-state index in [0.717, 1.165) is 27.7 Å². The number of nitrogens with one attached hydrogen (secondary N) is 1. The fourth-order valence-corrected chi connectivity index (χ4v) is 3.15. The van der Waals surface area contributed by atoms with Crippen LogP contribution in [0.1, 0.15) is 32.8 Å². The molecule has 4 aromatic rings. The van der Waals surface area contributed by atoms with E-state index in [4.69, 9.17) is 4.42 Å². The lowest BCUT2D eigenvalue weighted by Gasteiger charge is -2.09. The maximum atomic E-state index is 12.8. The summed E-state index contributed by atoms with van der Waals surface area (Å²) in [5, 5.41) is 8.21. The van der Waals surface area contributed by atoms with Gasteiger partial charge in [0.05, 0.1) is 12.7 Å². The number of nitrogens with zero attached hydrogens (tertiary/aromatic N) is 2. The molecule has 2 aromatic carbocycles. The number of amides is 1. The minimum atomic E-state index is -0.271. The molecule has 0 radical (unpaired) electrons. The molecule has 2 heterocycles. The first-order valence-corrected chi connectivity index (χ1v) is 8.90. The number of anilines is 1. The van der Waals surface area contributed by atoms with Crippen LogP contribution >= 0.6 is 0 Å². The van der Waals surface area contributed by atoms with Crippen molar-refractivity contribution in [3.63, 3.8) is 0 Å². The number of hydrogen-bond acceptors (Lipinski definition) is 3. The summed E-state index contributed by atoms with van der Waals surface area (Å²) in [6.45, 7) is 6.54.